The molecule has 0 aromatic carbocycles. The van der Waals surface area contributed by atoms with E-state index < -0.39 is 0 Å². The topological polar surface area (TPSA) is 29.1 Å². The van der Waals surface area contributed by atoms with Crippen molar-refractivity contribution in [1.29, 1.82) is 0 Å². The molecule has 2 heteroatoms. The van der Waals surface area contributed by atoms with Crippen molar-refractivity contribution < 1.29 is 4.79 Å². The molecule has 0 aromatic rings. The van der Waals surface area contributed by atoms with Crippen molar-refractivity contribution in [3.05, 3.63) is 0 Å². The van der Waals surface area contributed by atoms with Gasteiger partial charge in [-0.15, -0.1) is 0 Å². The van der Waals surface area contributed by atoms with E-state index in [1.54, 1.807) is 0 Å². The molecule has 2 nitrogen and oxygen atoms in total. The molecule has 1 aliphatic carbocycles. The molecular formula is C13H23NO. The van der Waals surface area contributed by atoms with E-state index in [4.69, 9.17) is 0 Å². The Bertz CT molecular complexity index is 276. The van der Waals surface area contributed by atoms with Crippen molar-refractivity contribution >= 4 is 5.91 Å². The fraction of sp³-hybridized carbons (Fsp3) is 0.923. The van der Waals surface area contributed by atoms with Gasteiger partial charge in [0.15, 0.2) is 0 Å². The third kappa shape index (κ3) is 1.58. The van der Waals surface area contributed by atoms with E-state index in [1.165, 1.54) is 0 Å². The van der Waals surface area contributed by atoms with Gasteiger partial charge in [-0.05, 0) is 36.0 Å². The lowest BCUT2D eigenvalue weighted by Gasteiger charge is -2.54. The second-order valence-corrected chi connectivity index (χ2v) is 5.99. The molecule has 0 bridgehead atoms. The zero-order chi connectivity index (χ0) is 11.2. The van der Waals surface area contributed by atoms with Crippen LogP contribution in [0, 0.1) is 23.2 Å². The van der Waals surface area contributed by atoms with Crippen molar-refractivity contribution in [3.8, 4) is 0 Å². The van der Waals surface area contributed by atoms with Gasteiger partial charge >= 0.3 is 0 Å². The molecule has 0 spiro atoms. The summed E-state index contributed by atoms with van der Waals surface area (Å²) >= 11 is 0. The van der Waals surface area contributed by atoms with Crippen LogP contribution in [-0.4, -0.2) is 11.9 Å². The molecule has 0 aromatic heterocycles. The number of hydrogen-bond donors (Lipinski definition) is 1. The molecule has 1 aliphatic heterocycles. The van der Waals surface area contributed by atoms with Crippen molar-refractivity contribution in [3.63, 3.8) is 0 Å². The summed E-state index contributed by atoms with van der Waals surface area (Å²) in [7, 11) is 0. The number of carbonyl (C=O) groups is 1. The molecule has 1 heterocycles. The van der Waals surface area contributed by atoms with Gasteiger partial charge in [-0.2, -0.15) is 0 Å². The first-order valence-electron chi connectivity index (χ1n) is 6.24. The Balaban J connectivity index is 2.24. The van der Waals surface area contributed by atoms with Crippen LogP contribution in [-0.2, 0) is 4.79 Å². The first-order chi connectivity index (χ1) is 6.95. The summed E-state index contributed by atoms with van der Waals surface area (Å²) < 4.78 is 0. The second-order valence-electron chi connectivity index (χ2n) is 5.99. The zero-order valence-corrected chi connectivity index (χ0v) is 10.3. The average Bonchev–Trinajstić information content (AvgIpc) is 2.19. The first kappa shape index (κ1) is 11.0. The number of fused-ring (bicyclic) bond motifs is 1. The molecule has 2 rings (SSSR count). The first-order valence-corrected chi connectivity index (χ1v) is 6.24. The van der Waals surface area contributed by atoms with Crippen LogP contribution in [0.25, 0.3) is 0 Å². The van der Waals surface area contributed by atoms with E-state index in [2.05, 4.69) is 33.0 Å². The highest BCUT2D eigenvalue weighted by Crippen LogP contribution is 2.50. The van der Waals surface area contributed by atoms with Gasteiger partial charge in [0, 0.05) is 12.5 Å². The largest absolute Gasteiger partial charge is 0.353 e. The molecule has 2 fully saturated rings. The smallest absolute Gasteiger partial charge is 0.220 e. The van der Waals surface area contributed by atoms with Crippen LogP contribution in [0.1, 0.15) is 47.0 Å². The van der Waals surface area contributed by atoms with E-state index in [0.717, 1.165) is 31.1 Å². The normalized spacial score (nSPS) is 50.8. The van der Waals surface area contributed by atoms with Gasteiger partial charge in [-0.3, -0.25) is 4.79 Å². The van der Waals surface area contributed by atoms with Gasteiger partial charge in [-0.1, -0.05) is 27.7 Å². The van der Waals surface area contributed by atoms with Crippen molar-refractivity contribution in [1.82, 2.24) is 5.32 Å². The van der Waals surface area contributed by atoms with Crippen LogP contribution in [0.5, 0.6) is 0 Å². The van der Waals surface area contributed by atoms with Crippen LogP contribution >= 0.6 is 0 Å². The highest BCUT2D eigenvalue weighted by molar-refractivity contribution is 5.77. The minimum absolute atomic E-state index is 0.256. The molecule has 3 unspecified atom stereocenters. The second kappa shape index (κ2) is 3.50. The van der Waals surface area contributed by atoms with Gasteiger partial charge in [0.1, 0.15) is 0 Å². The lowest BCUT2D eigenvalue weighted by Crippen LogP contribution is -2.58. The highest BCUT2D eigenvalue weighted by atomic mass is 16.1. The molecule has 0 radical (unpaired) electrons. The van der Waals surface area contributed by atoms with E-state index in [9.17, 15) is 4.79 Å². The molecular weight excluding hydrogens is 186 g/mol. The molecule has 2 aliphatic rings. The molecule has 1 N–H and O–H groups in total. The monoisotopic (exact) mass is 209 g/mol. The number of amides is 1. The van der Waals surface area contributed by atoms with Gasteiger partial charge in [0.2, 0.25) is 5.91 Å². The van der Waals surface area contributed by atoms with Crippen LogP contribution in [0.2, 0.25) is 0 Å². The molecule has 1 saturated carbocycles. The summed E-state index contributed by atoms with van der Waals surface area (Å²) in [5.74, 6) is 2.48. The maximum Gasteiger partial charge on any atom is 0.220 e. The Morgan fingerprint density at radius 3 is 2.67 bits per heavy atom. The van der Waals surface area contributed by atoms with E-state index in [1.807, 2.05) is 0 Å². The van der Waals surface area contributed by atoms with E-state index in [0.29, 0.717) is 17.4 Å². The van der Waals surface area contributed by atoms with Gasteiger partial charge in [0.05, 0.1) is 0 Å². The maximum atomic E-state index is 11.4. The van der Waals surface area contributed by atoms with Gasteiger partial charge in [0.25, 0.3) is 0 Å². The van der Waals surface area contributed by atoms with E-state index in [-0.39, 0.29) is 5.91 Å². The van der Waals surface area contributed by atoms with Crippen LogP contribution < -0.4 is 5.32 Å². The third-order valence-electron chi connectivity index (χ3n) is 5.36. The third-order valence-corrected chi connectivity index (χ3v) is 5.36. The van der Waals surface area contributed by atoms with Crippen LogP contribution in [0.4, 0.5) is 0 Å². The predicted molar refractivity (Wildman–Crippen MR) is 61.4 cm³/mol. The van der Waals surface area contributed by atoms with Gasteiger partial charge in [-0.25, -0.2) is 0 Å². The van der Waals surface area contributed by atoms with Crippen LogP contribution in [0.3, 0.4) is 0 Å². The lowest BCUT2D eigenvalue weighted by molar-refractivity contribution is -0.130. The molecule has 1 saturated heterocycles. The number of rotatable bonds is 0. The van der Waals surface area contributed by atoms with Crippen LogP contribution in [0.15, 0.2) is 0 Å². The lowest BCUT2D eigenvalue weighted by atomic mass is 9.55. The summed E-state index contributed by atoms with van der Waals surface area (Å²) in [6, 6.07) is 0.417. The minimum atomic E-state index is 0.256. The van der Waals surface area contributed by atoms with Gasteiger partial charge < -0.3 is 5.32 Å². The number of nitrogens with one attached hydrogen (secondary N) is 1. The Morgan fingerprint density at radius 2 is 2.00 bits per heavy atom. The number of piperidine rings is 1. The quantitative estimate of drug-likeness (QED) is 0.653. The van der Waals surface area contributed by atoms with Crippen molar-refractivity contribution in [2.24, 2.45) is 23.2 Å². The molecule has 86 valence electrons. The molecule has 15 heavy (non-hydrogen) atoms. The summed E-state index contributed by atoms with van der Waals surface area (Å²) in [6.07, 6.45) is 2.95. The predicted octanol–water partition coefficient (Wildman–Crippen LogP) is 2.58. The highest BCUT2D eigenvalue weighted by Gasteiger charge is 2.49. The average molecular weight is 209 g/mol. The Kier molecular flexibility index (Phi) is 2.56. The zero-order valence-electron chi connectivity index (χ0n) is 10.3. The fourth-order valence-corrected chi connectivity index (χ4v) is 3.54. The van der Waals surface area contributed by atoms with E-state index >= 15 is 0 Å². The summed E-state index contributed by atoms with van der Waals surface area (Å²) in [5, 5.41) is 3.20. The maximum absolute atomic E-state index is 11.4. The Hall–Kier alpha value is -0.530. The van der Waals surface area contributed by atoms with Crippen molar-refractivity contribution in [2.45, 2.75) is 53.0 Å². The molecule has 1 amide bonds. The molecule has 5 atom stereocenters. The Labute approximate surface area is 92.8 Å². The summed E-state index contributed by atoms with van der Waals surface area (Å²) in [6.45, 7) is 9.42. The SMILES string of the molecule is CC1C(C)[C@@]2(C)CCC(=O)NC2C[C@@H]1C. The Morgan fingerprint density at radius 1 is 1.33 bits per heavy atom. The standard InChI is InChI=1S/C13H23NO/c1-8-7-11-13(4,10(3)9(8)2)6-5-12(15)14-11/h8-11H,5-7H2,1-4H3,(H,14,15)/t8-,9?,10?,11?,13+/m0/s1. The number of carbonyl (C=O) groups excluding carboxylic acids is 1. The summed E-state index contributed by atoms with van der Waals surface area (Å²) in [4.78, 5) is 11.4. The fourth-order valence-electron chi connectivity index (χ4n) is 3.54. The minimum Gasteiger partial charge on any atom is -0.353 e. The number of hydrogen-bond acceptors (Lipinski definition) is 1. The van der Waals surface area contributed by atoms with Crippen molar-refractivity contribution in [2.75, 3.05) is 0 Å². The summed E-state index contributed by atoms with van der Waals surface area (Å²) in [5.41, 5.74) is 0.333.